The highest BCUT2D eigenvalue weighted by Gasteiger charge is 2.16. The minimum atomic E-state index is -0.913. The molecular formula is C14H21NO4. The standard InChI is InChI=1S/C14H21NO4/c1-3-19-9-12-7-5-4-6-11(12)8-15-13(10-18-2)14(16)17/h4-7,13,15H,3,8-10H2,1-2H3,(H,16,17). The van der Waals surface area contributed by atoms with E-state index in [0.29, 0.717) is 19.8 Å². The van der Waals surface area contributed by atoms with Crippen LogP contribution in [0, 0.1) is 0 Å². The van der Waals surface area contributed by atoms with Crippen molar-refractivity contribution in [3.05, 3.63) is 35.4 Å². The van der Waals surface area contributed by atoms with Gasteiger partial charge in [-0.2, -0.15) is 0 Å². The second-order valence-electron chi connectivity index (χ2n) is 4.13. The quantitative estimate of drug-likeness (QED) is 0.708. The molecule has 0 fully saturated rings. The van der Waals surface area contributed by atoms with Crippen molar-refractivity contribution in [3.8, 4) is 0 Å². The number of hydrogen-bond acceptors (Lipinski definition) is 4. The van der Waals surface area contributed by atoms with Crippen LogP contribution in [0.2, 0.25) is 0 Å². The first-order valence-electron chi connectivity index (χ1n) is 6.28. The second-order valence-corrected chi connectivity index (χ2v) is 4.13. The molecule has 0 radical (unpaired) electrons. The Morgan fingerprint density at radius 2 is 2.05 bits per heavy atom. The van der Waals surface area contributed by atoms with Crippen LogP contribution in [0.5, 0.6) is 0 Å². The molecule has 0 amide bonds. The predicted molar refractivity (Wildman–Crippen MR) is 71.9 cm³/mol. The fourth-order valence-electron chi connectivity index (χ4n) is 1.70. The van der Waals surface area contributed by atoms with Gasteiger partial charge >= 0.3 is 5.97 Å². The topological polar surface area (TPSA) is 67.8 Å². The molecule has 1 aromatic rings. The monoisotopic (exact) mass is 267 g/mol. The van der Waals surface area contributed by atoms with Gasteiger partial charge in [0.2, 0.25) is 0 Å². The zero-order chi connectivity index (χ0) is 14.1. The van der Waals surface area contributed by atoms with E-state index in [9.17, 15) is 4.79 Å². The minimum Gasteiger partial charge on any atom is -0.480 e. The number of nitrogens with one attached hydrogen (secondary N) is 1. The highest BCUT2D eigenvalue weighted by molar-refractivity contribution is 5.73. The Morgan fingerprint density at radius 1 is 1.37 bits per heavy atom. The average Bonchev–Trinajstić information content (AvgIpc) is 2.41. The number of aliphatic carboxylic acids is 1. The van der Waals surface area contributed by atoms with Crippen molar-refractivity contribution in [2.45, 2.75) is 26.1 Å². The molecule has 0 aliphatic rings. The number of ether oxygens (including phenoxy) is 2. The summed E-state index contributed by atoms with van der Waals surface area (Å²) in [6.45, 7) is 3.76. The molecule has 0 aliphatic carbocycles. The number of carbonyl (C=O) groups is 1. The van der Waals surface area contributed by atoms with Gasteiger partial charge in [0, 0.05) is 20.3 Å². The van der Waals surface area contributed by atoms with Gasteiger partial charge in [0.1, 0.15) is 6.04 Å². The van der Waals surface area contributed by atoms with Crippen molar-refractivity contribution in [1.29, 1.82) is 0 Å². The van der Waals surface area contributed by atoms with E-state index in [2.05, 4.69) is 5.32 Å². The fraction of sp³-hybridized carbons (Fsp3) is 0.500. The summed E-state index contributed by atoms with van der Waals surface area (Å²) in [5.74, 6) is -0.913. The van der Waals surface area contributed by atoms with Crippen LogP contribution in [0.1, 0.15) is 18.1 Å². The maximum Gasteiger partial charge on any atom is 0.323 e. The predicted octanol–water partition coefficient (Wildman–Crippen LogP) is 1.41. The van der Waals surface area contributed by atoms with Gasteiger partial charge in [0.15, 0.2) is 0 Å². The lowest BCUT2D eigenvalue weighted by Gasteiger charge is -2.15. The molecule has 1 aromatic carbocycles. The van der Waals surface area contributed by atoms with E-state index in [0.717, 1.165) is 11.1 Å². The van der Waals surface area contributed by atoms with Crippen LogP contribution in [0.25, 0.3) is 0 Å². The van der Waals surface area contributed by atoms with E-state index in [-0.39, 0.29) is 6.61 Å². The Bertz CT molecular complexity index is 395. The molecule has 19 heavy (non-hydrogen) atoms. The third kappa shape index (κ3) is 5.38. The zero-order valence-corrected chi connectivity index (χ0v) is 11.4. The van der Waals surface area contributed by atoms with Gasteiger partial charge in [-0.1, -0.05) is 24.3 Å². The largest absolute Gasteiger partial charge is 0.480 e. The van der Waals surface area contributed by atoms with Crippen LogP contribution in [0.15, 0.2) is 24.3 Å². The van der Waals surface area contributed by atoms with Gasteiger partial charge < -0.3 is 14.6 Å². The molecule has 0 aromatic heterocycles. The van der Waals surface area contributed by atoms with Gasteiger partial charge in [-0.3, -0.25) is 10.1 Å². The lowest BCUT2D eigenvalue weighted by molar-refractivity contribution is -0.140. The van der Waals surface area contributed by atoms with Crippen LogP contribution in [-0.2, 0) is 27.4 Å². The molecule has 1 rings (SSSR count). The van der Waals surface area contributed by atoms with Crippen LogP contribution in [0.4, 0.5) is 0 Å². The molecule has 0 heterocycles. The van der Waals surface area contributed by atoms with Crippen LogP contribution < -0.4 is 5.32 Å². The number of carboxylic acids is 1. The molecule has 5 heteroatoms. The maximum atomic E-state index is 11.0. The molecule has 0 saturated heterocycles. The maximum absolute atomic E-state index is 11.0. The van der Waals surface area contributed by atoms with Crippen molar-refractivity contribution in [2.75, 3.05) is 20.3 Å². The number of benzene rings is 1. The Hall–Kier alpha value is -1.43. The van der Waals surface area contributed by atoms with Gasteiger partial charge in [-0.15, -0.1) is 0 Å². The van der Waals surface area contributed by atoms with Crippen LogP contribution >= 0.6 is 0 Å². The Balaban J connectivity index is 2.62. The van der Waals surface area contributed by atoms with E-state index < -0.39 is 12.0 Å². The van der Waals surface area contributed by atoms with E-state index >= 15 is 0 Å². The van der Waals surface area contributed by atoms with Gasteiger partial charge in [0.25, 0.3) is 0 Å². The zero-order valence-electron chi connectivity index (χ0n) is 11.4. The fourth-order valence-corrected chi connectivity index (χ4v) is 1.70. The number of rotatable bonds is 9. The van der Waals surface area contributed by atoms with Crippen molar-refractivity contribution in [2.24, 2.45) is 0 Å². The summed E-state index contributed by atoms with van der Waals surface area (Å²) in [6.07, 6.45) is 0. The average molecular weight is 267 g/mol. The summed E-state index contributed by atoms with van der Waals surface area (Å²) in [4.78, 5) is 11.0. The Labute approximate surface area is 113 Å². The summed E-state index contributed by atoms with van der Waals surface area (Å²) in [5.41, 5.74) is 2.11. The molecule has 0 aliphatic heterocycles. The SMILES string of the molecule is CCOCc1ccccc1CNC(COC)C(=O)O. The van der Waals surface area contributed by atoms with Gasteiger partial charge in [-0.25, -0.2) is 0 Å². The smallest absolute Gasteiger partial charge is 0.323 e. The molecule has 5 nitrogen and oxygen atoms in total. The number of carboxylic acid groups (broad SMARTS) is 1. The van der Waals surface area contributed by atoms with Crippen LogP contribution in [-0.4, -0.2) is 37.4 Å². The second kappa shape index (κ2) is 8.63. The van der Waals surface area contributed by atoms with E-state index in [1.165, 1.54) is 7.11 Å². The number of methoxy groups -OCH3 is 1. The third-order valence-electron chi connectivity index (χ3n) is 2.75. The normalized spacial score (nSPS) is 12.3. The molecule has 0 bridgehead atoms. The van der Waals surface area contributed by atoms with Gasteiger partial charge in [-0.05, 0) is 18.1 Å². The summed E-state index contributed by atoms with van der Waals surface area (Å²) in [5, 5.41) is 12.0. The Morgan fingerprint density at radius 3 is 2.63 bits per heavy atom. The summed E-state index contributed by atoms with van der Waals surface area (Å²) < 4.78 is 10.3. The highest BCUT2D eigenvalue weighted by atomic mass is 16.5. The summed E-state index contributed by atoms with van der Waals surface area (Å²) >= 11 is 0. The first-order chi connectivity index (χ1) is 9.19. The molecule has 1 atom stereocenters. The van der Waals surface area contributed by atoms with Crippen molar-refractivity contribution >= 4 is 5.97 Å². The molecule has 0 spiro atoms. The summed E-state index contributed by atoms with van der Waals surface area (Å²) in [7, 11) is 1.49. The van der Waals surface area contributed by atoms with E-state index in [4.69, 9.17) is 14.6 Å². The van der Waals surface area contributed by atoms with Crippen LogP contribution in [0.3, 0.4) is 0 Å². The molecular weight excluding hydrogens is 246 g/mol. The molecule has 0 saturated carbocycles. The lowest BCUT2D eigenvalue weighted by Crippen LogP contribution is -2.40. The highest BCUT2D eigenvalue weighted by Crippen LogP contribution is 2.10. The van der Waals surface area contributed by atoms with Crippen molar-refractivity contribution in [1.82, 2.24) is 5.32 Å². The molecule has 106 valence electrons. The third-order valence-corrected chi connectivity index (χ3v) is 2.75. The van der Waals surface area contributed by atoms with E-state index in [1.807, 2.05) is 31.2 Å². The minimum absolute atomic E-state index is 0.142. The van der Waals surface area contributed by atoms with Crippen molar-refractivity contribution in [3.63, 3.8) is 0 Å². The molecule has 2 N–H and O–H groups in total. The number of hydrogen-bond donors (Lipinski definition) is 2. The van der Waals surface area contributed by atoms with Crippen molar-refractivity contribution < 1.29 is 19.4 Å². The summed E-state index contributed by atoms with van der Waals surface area (Å²) in [6, 6.07) is 7.12. The first kappa shape index (κ1) is 15.6. The van der Waals surface area contributed by atoms with Gasteiger partial charge in [0.05, 0.1) is 13.2 Å². The first-order valence-corrected chi connectivity index (χ1v) is 6.28. The van der Waals surface area contributed by atoms with E-state index in [1.54, 1.807) is 0 Å². The molecule has 1 unspecified atom stereocenters. The lowest BCUT2D eigenvalue weighted by atomic mass is 10.1. The Kier molecular flexibility index (Phi) is 7.10.